The fraction of sp³-hybridized carbons (Fsp3) is 0.312. The van der Waals surface area contributed by atoms with E-state index in [0.29, 0.717) is 0 Å². The smallest absolute Gasteiger partial charge is 0.123 e. The zero-order chi connectivity index (χ0) is 13.8. The molecule has 2 aromatic rings. The van der Waals surface area contributed by atoms with Crippen LogP contribution in [0, 0.1) is 19.7 Å². The van der Waals surface area contributed by atoms with Gasteiger partial charge in [-0.05, 0) is 60.8 Å². The predicted octanol–water partition coefficient (Wildman–Crippen LogP) is 3.54. The number of benzene rings is 1. The van der Waals surface area contributed by atoms with Crippen LogP contribution in [-0.4, -0.2) is 11.5 Å². The van der Waals surface area contributed by atoms with Crippen LogP contribution in [-0.2, 0) is 0 Å². The molecule has 2 rings (SSSR count). The van der Waals surface area contributed by atoms with E-state index >= 15 is 0 Å². The summed E-state index contributed by atoms with van der Waals surface area (Å²) in [5, 5.41) is 3.42. The van der Waals surface area contributed by atoms with Gasteiger partial charge in [-0.25, -0.2) is 4.39 Å². The normalized spacial score (nSPS) is 12.4. The molecule has 0 spiro atoms. The van der Waals surface area contributed by atoms with Crippen molar-refractivity contribution in [3.05, 3.63) is 64.7 Å². The van der Waals surface area contributed by atoms with E-state index in [1.54, 1.807) is 12.3 Å². The SMILES string of the molecule is CCNC(c1cnccc1C)c1cc(F)ccc1C. The number of aryl methyl sites for hydroxylation is 2. The Bertz CT molecular complexity index is 566. The molecule has 0 amide bonds. The van der Waals surface area contributed by atoms with Crippen molar-refractivity contribution < 1.29 is 4.39 Å². The minimum atomic E-state index is -0.204. The lowest BCUT2D eigenvalue weighted by Gasteiger charge is -2.22. The Labute approximate surface area is 113 Å². The fourth-order valence-corrected chi connectivity index (χ4v) is 2.29. The second-order valence-corrected chi connectivity index (χ2v) is 4.72. The zero-order valence-electron chi connectivity index (χ0n) is 11.6. The van der Waals surface area contributed by atoms with E-state index in [1.165, 1.54) is 6.07 Å². The Kier molecular flexibility index (Phi) is 4.27. The molecule has 0 saturated heterocycles. The van der Waals surface area contributed by atoms with Crippen molar-refractivity contribution in [2.45, 2.75) is 26.8 Å². The van der Waals surface area contributed by atoms with Gasteiger partial charge < -0.3 is 5.32 Å². The predicted molar refractivity (Wildman–Crippen MR) is 75.6 cm³/mol. The number of halogens is 1. The minimum absolute atomic E-state index is 0.0191. The summed E-state index contributed by atoms with van der Waals surface area (Å²) < 4.78 is 13.5. The molecule has 0 aliphatic rings. The lowest BCUT2D eigenvalue weighted by Crippen LogP contribution is -2.23. The molecule has 1 N–H and O–H groups in total. The van der Waals surface area contributed by atoms with Crippen molar-refractivity contribution in [3.63, 3.8) is 0 Å². The van der Waals surface area contributed by atoms with Crippen LogP contribution in [0.3, 0.4) is 0 Å². The van der Waals surface area contributed by atoms with E-state index in [9.17, 15) is 4.39 Å². The molecule has 1 atom stereocenters. The third-order valence-electron chi connectivity index (χ3n) is 3.35. The van der Waals surface area contributed by atoms with Crippen LogP contribution in [0.4, 0.5) is 4.39 Å². The van der Waals surface area contributed by atoms with E-state index in [4.69, 9.17) is 0 Å². The van der Waals surface area contributed by atoms with Crippen LogP contribution in [0.25, 0.3) is 0 Å². The maximum Gasteiger partial charge on any atom is 0.123 e. The number of hydrogen-bond donors (Lipinski definition) is 1. The maximum absolute atomic E-state index is 13.5. The number of pyridine rings is 1. The van der Waals surface area contributed by atoms with E-state index in [1.807, 2.05) is 32.2 Å². The van der Waals surface area contributed by atoms with Crippen molar-refractivity contribution in [3.8, 4) is 0 Å². The summed E-state index contributed by atoms with van der Waals surface area (Å²) in [5.41, 5.74) is 4.30. The van der Waals surface area contributed by atoms with Gasteiger partial charge in [0.2, 0.25) is 0 Å². The van der Waals surface area contributed by atoms with E-state index in [2.05, 4.69) is 17.2 Å². The second-order valence-electron chi connectivity index (χ2n) is 4.72. The lowest BCUT2D eigenvalue weighted by atomic mass is 9.93. The molecule has 19 heavy (non-hydrogen) atoms. The van der Waals surface area contributed by atoms with Gasteiger partial charge in [-0.1, -0.05) is 13.0 Å². The summed E-state index contributed by atoms with van der Waals surface area (Å²) in [6.45, 7) is 6.92. The quantitative estimate of drug-likeness (QED) is 0.907. The van der Waals surface area contributed by atoms with Crippen LogP contribution < -0.4 is 5.32 Å². The molecule has 1 unspecified atom stereocenters. The molecule has 3 heteroatoms. The standard InChI is InChI=1S/C16H19FN2/c1-4-19-16(15-10-18-8-7-12(15)3)14-9-13(17)6-5-11(14)2/h5-10,16,19H,4H2,1-3H3. The largest absolute Gasteiger partial charge is 0.306 e. The molecule has 0 bridgehead atoms. The molecule has 2 nitrogen and oxygen atoms in total. The van der Waals surface area contributed by atoms with Gasteiger partial charge in [0.1, 0.15) is 5.82 Å². The van der Waals surface area contributed by atoms with Crippen LogP contribution in [0.5, 0.6) is 0 Å². The molecule has 1 aromatic carbocycles. The number of aromatic nitrogens is 1. The Morgan fingerprint density at radius 2 is 1.89 bits per heavy atom. The summed E-state index contributed by atoms with van der Waals surface area (Å²) in [5.74, 6) is -0.204. The summed E-state index contributed by atoms with van der Waals surface area (Å²) >= 11 is 0. The number of nitrogens with one attached hydrogen (secondary N) is 1. The Morgan fingerprint density at radius 3 is 2.58 bits per heavy atom. The molecule has 1 aromatic heterocycles. The molecule has 1 heterocycles. The number of nitrogens with zero attached hydrogens (tertiary/aromatic N) is 1. The molecule has 0 aliphatic heterocycles. The molecule has 0 aliphatic carbocycles. The van der Waals surface area contributed by atoms with Gasteiger partial charge >= 0.3 is 0 Å². The van der Waals surface area contributed by atoms with Crippen LogP contribution in [0.2, 0.25) is 0 Å². The van der Waals surface area contributed by atoms with Crippen LogP contribution >= 0.6 is 0 Å². The van der Waals surface area contributed by atoms with Gasteiger partial charge in [-0.2, -0.15) is 0 Å². The van der Waals surface area contributed by atoms with Crippen molar-refractivity contribution in [1.82, 2.24) is 10.3 Å². The van der Waals surface area contributed by atoms with E-state index < -0.39 is 0 Å². The van der Waals surface area contributed by atoms with Gasteiger partial charge in [0, 0.05) is 12.4 Å². The van der Waals surface area contributed by atoms with E-state index in [-0.39, 0.29) is 11.9 Å². The van der Waals surface area contributed by atoms with Crippen molar-refractivity contribution in [2.75, 3.05) is 6.54 Å². The van der Waals surface area contributed by atoms with Crippen LogP contribution in [0.1, 0.15) is 35.2 Å². The molecular formula is C16H19FN2. The zero-order valence-corrected chi connectivity index (χ0v) is 11.6. The third kappa shape index (κ3) is 2.99. The van der Waals surface area contributed by atoms with Crippen LogP contribution in [0.15, 0.2) is 36.7 Å². The first-order chi connectivity index (χ1) is 9.13. The summed E-state index contributed by atoms with van der Waals surface area (Å²) in [4.78, 5) is 4.19. The van der Waals surface area contributed by atoms with Gasteiger partial charge in [-0.15, -0.1) is 0 Å². The van der Waals surface area contributed by atoms with Gasteiger partial charge in [-0.3, -0.25) is 4.98 Å². The summed E-state index contributed by atoms with van der Waals surface area (Å²) in [7, 11) is 0. The first kappa shape index (κ1) is 13.7. The first-order valence-electron chi connectivity index (χ1n) is 6.53. The highest BCUT2D eigenvalue weighted by molar-refractivity contribution is 5.39. The highest BCUT2D eigenvalue weighted by atomic mass is 19.1. The van der Waals surface area contributed by atoms with E-state index in [0.717, 1.165) is 28.8 Å². The highest BCUT2D eigenvalue weighted by Crippen LogP contribution is 2.27. The lowest BCUT2D eigenvalue weighted by molar-refractivity contribution is 0.598. The van der Waals surface area contributed by atoms with Gasteiger partial charge in [0.25, 0.3) is 0 Å². The Morgan fingerprint density at radius 1 is 1.16 bits per heavy atom. The average Bonchev–Trinajstić information content (AvgIpc) is 2.40. The van der Waals surface area contributed by atoms with Crippen molar-refractivity contribution in [1.29, 1.82) is 0 Å². The fourth-order valence-electron chi connectivity index (χ4n) is 2.29. The number of rotatable bonds is 4. The Balaban J connectivity index is 2.51. The minimum Gasteiger partial charge on any atom is -0.306 e. The Hall–Kier alpha value is -1.74. The van der Waals surface area contributed by atoms with Gasteiger partial charge in [0.15, 0.2) is 0 Å². The molecule has 100 valence electrons. The molecule has 0 fully saturated rings. The number of hydrogen-bond acceptors (Lipinski definition) is 2. The molecular weight excluding hydrogens is 239 g/mol. The first-order valence-corrected chi connectivity index (χ1v) is 6.53. The maximum atomic E-state index is 13.5. The van der Waals surface area contributed by atoms with Gasteiger partial charge in [0.05, 0.1) is 6.04 Å². The van der Waals surface area contributed by atoms with Crippen molar-refractivity contribution in [2.24, 2.45) is 0 Å². The molecule has 0 radical (unpaired) electrons. The summed E-state index contributed by atoms with van der Waals surface area (Å²) in [6, 6.07) is 6.89. The highest BCUT2D eigenvalue weighted by Gasteiger charge is 2.17. The average molecular weight is 258 g/mol. The van der Waals surface area contributed by atoms with Crippen molar-refractivity contribution >= 4 is 0 Å². The molecule has 0 saturated carbocycles. The monoisotopic (exact) mass is 258 g/mol. The topological polar surface area (TPSA) is 24.9 Å². The third-order valence-corrected chi connectivity index (χ3v) is 3.35. The second kappa shape index (κ2) is 5.93. The summed E-state index contributed by atoms with van der Waals surface area (Å²) in [6.07, 6.45) is 3.63.